The molecule has 0 radical (unpaired) electrons. The number of carbonyl (C=O) groups excluding carboxylic acids is 1. The number of carbonyl (C=O) groups is 2. The molecule has 0 bridgehead atoms. The van der Waals surface area contributed by atoms with Gasteiger partial charge in [-0.2, -0.15) is 0 Å². The van der Waals surface area contributed by atoms with Crippen molar-refractivity contribution in [2.24, 2.45) is 0 Å². The van der Waals surface area contributed by atoms with E-state index in [1.54, 1.807) is 19.1 Å². The van der Waals surface area contributed by atoms with Crippen LogP contribution in [0, 0.1) is 0 Å². The van der Waals surface area contributed by atoms with Crippen LogP contribution in [-0.4, -0.2) is 21.6 Å². The van der Waals surface area contributed by atoms with Crippen LogP contribution in [0.4, 0.5) is 0 Å². The lowest BCUT2D eigenvalue weighted by atomic mass is 10.1. The van der Waals surface area contributed by atoms with Gasteiger partial charge in [0.2, 0.25) is 5.91 Å². The smallest absolute Gasteiger partial charge is 0.335 e. The van der Waals surface area contributed by atoms with E-state index in [4.69, 9.17) is 16.7 Å². The molecule has 1 aromatic heterocycles. The SMILES string of the molecule is CCC(C(=O)NCc1ccc(C(=O)O)cc1)n1cc(Cl)ccc1=O. The van der Waals surface area contributed by atoms with Gasteiger partial charge in [-0.1, -0.05) is 30.7 Å². The molecule has 0 spiro atoms. The molecule has 0 aliphatic heterocycles. The number of hydrogen-bond acceptors (Lipinski definition) is 3. The van der Waals surface area contributed by atoms with Gasteiger partial charge in [0, 0.05) is 18.8 Å². The summed E-state index contributed by atoms with van der Waals surface area (Å²) in [6.45, 7) is 2.05. The summed E-state index contributed by atoms with van der Waals surface area (Å²) in [5, 5.41) is 12.0. The van der Waals surface area contributed by atoms with E-state index in [1.165, 1.54) is 35.0 Å². The van der Waals surface area contributed by atoms with Crippen molar-refractivity contribution in [3.63, 3.8) is 0 Å². The van der Waals surface area contributed by atoms with Crippen LogP contribution in [0.15, 0.2) is 47.4 Å². The molecule has 6 nitrogen and oxygen atoms in total. The van der Waals surface area contributed by atoms with Crippen molar-refractivity contribution in [3.05, 3.63) is 69.1 Å². The number of carboxylic acids is 1. The van der Waals surface area contributed by atoms with E-state index >= 15 is 0 Å². The first-order valence-corrected chi connectivity index (χ1v) is 7.77. The molecule has 2 rings (SSSR count). The lowest BCUT2D eigenvalue weighted by molar-refractivity contribution is -0.124. The maximum atomic E-state index is 12.4. The van der Waals surface area contributed by atoms with Crippen LogP contribution in [-0.2, 0) is 11.3 Å². The molecule has 0 aliphatic rings. The van der Waals surface area contributed by atoms with Gasteiger partial charge in [-0.3, -0.25) is 9.59 Å². The molecule has 126 valence electrons. The Bertz CT molecular complexity index is 799. The number of rotatable bonds is 6. The highest BCUT2D eigenvalue weighted by molar-refractivity contribution is 6.30. The number of hydrogen-bond donors (Lipinski definition) is 2. The maximum Gasteiger partial charge on any atom is 0.335 e. The fourth-order valence-corrected chi connectivity index (χ4v) is 2.47. The Morgan fingerprint density at radius 1 is 1.21 bits per heavy atom. The van der Waals surface area contributed by atoms with Crippen molar-refractivity contribution >= 4 is 23.5 Å². The first kappa shape index (κ1) is 17.7. The summed E-state index contributed by atoms with van der Waals surface area (Å²) in [5.41, 5.74) is 0.649. The molecule has 0 aliphatic carbocycles. The Labute approximate surface area is 143 Å². The summed E-state index contributed by atoms with van der Waals surface area (Å²) in [7, 11) is 0. The van der Waals surface area contributed by atoms with E-state index in [0.29, 0.717) is 11.4 Å². The number of benzene rings is 1. The molecule has 1 atom stereocenters. The third-order valence-corrected chi connectivity index (χ3v) is 3.82. The van der Waals surface area contributed by atoms with Crippen molar-refractivity contribution in [2.45, 2.75) is 25.9 Å². The molecule has 2 aromatic rings. The Hall–Kier alpha value is -2.60. The molecule has 1 aromatic carbocycles. The third-order valence-electron chi connectivity index (χ3n) is 3.59. The van der Waals surface area contributed by atoms with Crippen LogP contribution in [0.5, 0.6) is 0 Å². The zero-order valence-electron chi connectivity index (χ0n) is 13.0. The fraction of sp³-hybridized carbons (Fsp3) is 0.235. The third kappa shape index (κ3) is 4.23. The van der Waals surface area contributed by atoms with Gasteiger partial charge in [0.1, 0.15) is 6.04 Å². The molecule has 1 amide bonds. The van der Waals surface area contributed by atoms with Crippen molar-refractivity contribution < 1.29 is 14.7 Å². The van der Waals surface area contributed by atoms with E-state index in [-0.39, 0.29) is 23.6 Å². The summed E-state index contributed by atoms with van der Waals surface area (Å²) in [6, 6.07) is 8.37. The molecule has 1 heterocycles. The highest BCUT2D eigenvalue weighted by atomic mass is 35.5. The van der Waals surface area contributed by atoms with Gasteiger partial charge in [0.05, 0.1) is 10.6 Å². The van der Waals surface area contributed by atoms with Gasteiger partial charge < -0.3 is 15.0 Å². The van der Waals surface area contributed by atoms with Crippen molar-refractivity contribution in [1.29, 1.82) is 0 Å². The number of amides is 1. The lowest BCUT2D eigenvalue weighted by Crippen LogP contribution is -2.36. The summed E-state index contributed by atoms with van der Waals surface area (Å²) >= 11 is 5.90. The number of aromatic carboxylic acids is 1. The molecular weight excluding hydrogens is 332 g/mol. The molecular formula is C17H17ClN2O4. The Balaban J connectivity index is 2.08. The van der Waals surface area contributed by atoms with Crippen LogP contribution in [0.2, 0.25) is 5.02 Å². The predicted octanol–water partition coefficient (Wildman–Crippen LogP) is 2.47. The Morgan fingerprint density at radius 3 is 2.46 bits per heavy atom. The zero-order valence-corrected chi connectivity index (χ0v) is 13.8. The van der Waals surface area contributed by atoms with E-state index in [1.807, 2.05) is 0 Å². The van der Waals surface area contributed by atoms with Gasteiger partial charge in [-0.05, 0) is 30.2 Å². The van der Waals surface area contributed by atoms with E-state index in [0.717, 1.165) is 5.56 Å². The van der Waals surface area contributed by atoms with Crippen molar-refractivity contribution in [3.8, 4) is 0 Å². The minimum atomic E-state index is -1.00. The average Bonchev–Trinajstić information content (AvgIpc) is 2.57. The number of nitrogens with zero attached hydrogens (tertiary/aromatic N) is 1. The highest BCUT2D eigenvalue weighted by Crippen LogP contribution is 2.13. The number of carboxylic acid groups (broad SMARTS) is 1. The predicted molar refractivity (Wildman–Crippen MR) is 90.3 cm³/mol. The number of halogens is 1. The minimum absolute atomic E-state index is 0.182. The molecule has 1 unspecified atom stereocenters. The molecule has 7 heteroatoms. The van der Waals surface area contributed by atoms with E-state index in [9.17, 15) is 14.4 Å². The molecule has 0 saturated heterocycles. The summed E-state index contributed by atoms with van der Waals surface area (Å²) in [6.07, 6.45) is 1.88. The number of aromatic nitrogens is 1. The monoisotopic (exact) mass is 348 g/mol. The van der Waals surface area contributed by atoms with Gasteiger partial charge in [0.25, 0.3) is 5.56 Å². The molecule has 0 saturated carbocycles. The second-order valence-corrected chi connectivity index (χ2v) is 5.67. The summed E-state index contributed by atoms with van der Waals surface area (Å²) in [4.78, 5) is 35.1. The van der Waals surface area contributed by atoms with Crippen LogP contribution in [0.1, 0.15) is 35.3 Å². The lowest BCUT2D eigenvalue weighted by Gasteiger charge is -2.18. The van der Waals surface area contributed by atoms with Crippen LogP contribution in [0.25, 0.3) is 0 Å². The first-order valence-electron chi connectivity index (χ1n) is 7.40. The quantitative estimate of drug-likeness (QED) is 0.839. The Kier molecular flexibility index (Phi) is 5.76. The standard InChI is InChI=1S/C17H17ClN2O4/c1-2-14(20-10-13(18)7-8-15(20)21)16(22)19-9-11-3-5-12(6-4-11)17(23)24/h3-8,10,14H,2,9H2,1H3,(H,19,22)(H,23,24). The van der Waals surface area contributed by atoms with Gasteiger partial charge in [0.15, 0.2) is 0 Å². The van der Waals surface area contributed by atoms with Crippen LogP contribution >= 0.6 is 11.6 Å². The van der Waals surface area contributed by atoms with Crippen molar-refractivity contribution in [2.75, 3.05) is 0 Å². The zero-order chi connectivity index (χ0) is 17.7. The second kappa shape index (κ2) is 7.79. The maximum absolute atomic E-state index is 12.4. The Morgan fingerprint density at radius 2 is 1.88 bits per heavy atom. The van der Waals surface area contributed by atoms with Crippen LogP contribution < -0.4 is 10.9 Å². The van der Waals surface area contributed by atoms with Gasteiger partial charge >= 0.3 is 5.97 Å². The van der Waals surface area contributed by atoms with Crippen molar-refractivity contribution in [1.82, 2.24) is 9.88 Å². The number of nitrogens with one attached hydrogen (secondary N) is 1. The number of pyridine rings is 1. The topological polar surface area (TPSA) is 88.4 Å². The summed E-state index contributed by atoms with van der Waals surface area (Å²) in [5.74, 6) is -1.30. The minimum Gasteiger partial charge on any atom is -0.478 e. The molecule has 2 N–H and O–H groups in total. The molecule has 0 fully saturated rings. The normalized spacial score (nSPS) is 11.8. The van der Waals surface area contributed by atoms with Gasteiger partial charge in [-0.25, -0.2) is 4.79 Å². The average molecular weight is 349 g/mol. The second-order valence-electron chi connectivity index (χ2n) is 5.24. The van der Waals surface area contributed by atoms with Gasteiger partial charge in [-0.15, -0.1) is 0 Å². The highest BCUT2D eigenvalue weighted by Gasteiger charge is 2.19. The summed E-state index contributed by atoms with van der Waals surface area (Å²) < 4.78 is 1.31. The fourth-order valence-electron chi connectivity index (χ4n) is 2.30. The van der Waals surface area contributed by atoms with Crippen LogP contribution in [0.3, 0.4) is 0 Å². The molecule has 24 heavy (non-hydrogen) atoms. The van der Waals surface area contributed by atoms with E-state index < -0.39 is 12.0 Å². The first-order chi connectivity index (χ1) is 11.4. The van der Waals surface area contributed by atoms with E-state index in [2.05, 4.69) is 5.32 Å². The largest absolute Gasteiger partial charge is 0.478 e.